The standard InChI is InChI=1S/C26H32N4O3/c31-22-16-28(17-22)13-19-4-3-5-23(12-19)32-18-20-8-9-21-15-30(11-10-29(21)14-20)26-24-6-1-2-7-25(24)33-27-26/h1-7,12,20-22,31H,8-11,13-18H2/t20-,21-/m0/s1. The molecule has 3 aliphatic rings. The van der Waals surface area contributed by atoms with E-state index in [1.807, 2.05) is 12.1 Å². The third kappa shape index (κ3) is 4.45. The highest BCUT2D eigenvalue weighted by Gasteiger charge is 2.34. The zero-order valence-electron chi connectivity index (χ0n) is 19.0. The normalized spacial score (nSPS) is 24.6. The molecule has 0 radical (unpaired) electrons. The Bertz CT molecular complexity index is 1100. The van der Waals surface area contributed by atoms with Crippen molar-refractivity contribution in [3.63, 3.8) is 0 Å². The van der Waals surface area contributed by atoms with Crippen molar-refractivity contribution in [2.75, 3.05) is 50.8 Å². The van der Waals surface area contributed by atoms with Gasteiger partial charge in [-0.2, -0.15) is 0 Å². The molecular weight excluding hydrogens is 416 g/mol. The smallest absolute Gasteiger partial charge is 0.180 e. The molecule has 0 bridgehead atoms. The molecule has 1 aromatic heterocycles. The maximum Gasteiger partial charge on any atom is 0.180 e. The molecule has 2 aromatic carbocycles. The molecule has 0 amide bonds. The van der Waals surface area contributed by atoms with Crippen LogP contribution >= 0.6 is 0 Å². The fourth-order valence-electron chi connectivity index (χ4n) is 5.56. The number of fused-ring (bicyclic) bond motifs is 2. The minimum Gasteiger partial charge on any atom is -0.493 e. The van der Waals surface area contributed by atoms with Crippen molar-refractivity contribution in [2.45, 2.75) is 31.5 Å². The predicted octanol–water partition coefficient (Wildman–Crippen LogP) is 2.98. The second-order valence-corrected chi connectivity index (χ2v) is 9.85. The molecule has 3 fully saturated rings. The lowest BCUT2D eigenvalue weighted by Crippen LogP contribution is -2.57. The Balaban J connectivity index is 1.01. The first-order chi connectivity index (χ1) is 16.2. The zero-order chi connectivity index (χ0) is 22.2. The first-order valence-electron chi connectivity index (χ1n) is 12.2. The molecule has 0 saturated carbocycles. The van der Waals surface area contributed by atoms with Gasteiger partial charge in [-0.25, -0.2) is 0 Å². The molecule has 174 valence electrons. The number of para-hydroxylation sites is 1. The summed E-state index contributed by atoms with van der Waals surface area (Å²) in [6, 6.07) is 17.1. The van der Waals surface area contributed by atoms with Gasteiger partial charge in [-0.1, -0.05) is 29.4 Å². The van der Waals surface area contributed by atoms with E-state index in [0.29, 0.717) is 12.0 Å². The van der Waals surface area contributed by atoms with Crippen LogP contribution in [0.5, 0.6) is 5.75 Å². The number of aliphatic hydroxyl groups excluding tert-OH is 1. The number of piperazine rings is 1. The number of aliphatic hydroxyl groups is 1. The van der Waals surface area contributed by atoms with Crippen molar-refractivity contribution >= 4 is 16.8 Å². The number of β-amino-alcohol motifs (C(OH)–C–C–N with tert-alkyl or cyclic N) is 1. The second kappa shape index (κ2) is 8.97. The molecule has 3 aromatic rings. The zero-order valence-corrected chi connectivity index (χ0v) is 19.0. The summed E-state index contributed by atoms with van der Waals surface area (Å²) in [7, 11) is 0. The number of nitrogens with zero attached hydrogens (tertiary/aromatic N) is 4. The van der Waals surface area contributed by atoms with Gasteiger partial charge in [0.2, 0.25) is 0 Å². The minimum atomic E-state index is -0.156. The maximum absolute atomic E-state index is 9.49. The molecule has 3 aliphatic heterocycles. The van der Waals surface area contributed by atoms with Gasteiger partial charge in [-0.3, -0.25) is 9.80 Å². The topological polar surface area (TPSA) is 65.2 Å². The fourth-order valence-corrected chi connectivity index (χ4v) is 5.56. The summed E-state index contributed by atoms with van der Waals surface area (Å²) in [5.74, 6) is 2.51. The summed E-state index contributed by atoms with van der Waals surface area (Å²) in [6.45, 7) is 7.34. The van der Waals surface area contributed by atoms with Crippen molar-refractivity contribution in [2.24, 2.45) is 5.92 Å². The molecule has 2 atom stereocenters. The summed E-state index contributed by atoms with van der Waals surface area (Å²) in [5, 5.41) is 15.0. The summed E-state index contributed by atoms with van der Waals surface area (Å²) in [4.78, 5) is 7.29. The van der Waals surface area contributed by atoms with E-state index in [1.165, 1.54) is 18.4 Å². The van der Waals surface area contributed by atoms with Gasteiger partial charge in [0, 0.05) is 57.8 Å². The first-order valence-corrected chi connectivity index (χ1v) is 12.2. The van der Waals surface area contributed by atoms with E-state index >= 15 is 0 Å². The van der Waals surface area contributed by atoms with Gasteiger partial charge >= 0.3 is 0 Å². The number of benzene rings is 2. The maximum atomic E-state index is 9.49. The molecule has 3 saturated heterocycles. The average Bonchev–Trinajstić information content (AvgIpc) is 3.26. The van der Waals surface area contributed by atoms with E-state index in [1.54, 1.807) is 0 Å². The fraction of sp³-hybridized carbons (Fsp3) is 0.500. The Hall–Kier alpha value is -2.61. The van der Waals surface area contributed by atoms with Crippen LogP contribution in [-0.4, -0.2) is 78.1 Å². The van der Waals surface area contributed by atoms with Crippen LogP contribution in [0.25, 0.3) is 11.0 Å². The van der Waals surface area contributed by atoms with Gasteiger partial charge in [0.15, 0.2) is 11.4 Å². The minimum absolute atomic E-state index is 0.156. The Labute approximate surface area is 194 Å². The van der Waals surface area contributed by atoms with Crippen LogP contribution in [0.15, 0.2) is 53.1 Å². The Morgan fingerprint density at radius 1 is 1.00 bits per heavy atom. The summed E-state index contributed by atoms with van der Waals surface area (Å²) >= 11 is 0. The van der Waals surface area contributed by atoms with Crippen molar-refractivity contribution < 1.29 is 14.4 Å². The number of anilines is 1. The van der Waals surface area contributed by atoms with Crippen molar-refractivity contribution in [1.82, 2.24) is 15.0 Å². The van der Waals surface area contributed by atoms with E-state index in [9.17, 15) is 5.11 Å². The highest BCUT2D eigenvalue weighted by molar-refractivity contribution is 5.88. The third-order valence-corrected chi connectivity index (χ3v) is 7.39. The molecular formula is C26H32N4O3. The van der Waals surface area contributed by atoms with Crippen LogP contribution < -0.4 is 9.64 Å². The lowest BCUT2D eigenvalue weighted by molar-refractivity contribution is -0.00290. The number of hydrogen-bond donors (Lipinski definition) is 1. The molecule has 0 aliphatic carbocycles. The van der Waals surface area contributed by atoms with Crippen molar-refractivity contribution in [3.8, 4) is 5.75 Å². The number of ether oxygens (including phenoxy) is 1. The van der Waals surface area contributed by atoms with Crippen molar-refractivity contribution in [3.05, 3.63) is 54.1 Å². The predicted molar refractivity (Wildman–Crippen MR) is 128 cm³/mol. The molecule has 7 heteroatoms. The number of rotatable bonds is 6. The van der Waals surface area contributed by atoms with Crippen LogP contribution in [0.3, 0.4) is 0 Å². The van der Waals surface area contributed by atoms with E-state index < -0.39 is 0 Å². The monoisotopic (exact) mass is 448 g/mol. The Morgan fingerprint density at radius 2 is 1.91 bits per heavy atom. The van der Waals surface area contributed by atoms with Gasteiger partial charge < -0.3 is 19.3 Å². The number of piperidine rings is 1. The largest absolute Gasteiger partial charge is 0.493 e. The number of hydrogen-bond acceptors (Lipinski definition) is 7. The van der Waals surface area contributed by atoms with E-state index in [-0.39, 0.29) is 6.10 Å². The van der Waals surface area contributed by atoms with Gasteiger partial charge in [-0.15, -0.1) is 0 Å². The lowest BCUT2D eigenvalue weighted by atomic mass is 9.91. The Kier molecular flexibility index (Phi) is 5.70. The molecule has 0 spiro atoms. The number of aromatic nitrogens is 1. The molecule has 7 nitrogen and oxygen atoms in total. The molecule has 6 rings (SSSR count). The van der Waals surface area contributed by atoms with Crippen LogP contribution in [0.4, 0.5) is 5.82 Å². The lowest BCUT2D eigenvalue weighted by Gasteiger charge is -2.46. The van der Waals surface area contributed by atoms with Crippen molar-refractivity contribution in [1.29, 1.82) is 0 Å². The van der Waals surface area contributed by atoms with Crippen LogP contribution in [-0.2, 0) is 6.54 Å². The quantitative estimate of drug-likeness (QED) is 0.622. The van der Waals surface area contributed by atoms with E-state index in [2.05, 4.69) is 56.3 Å². The second-order valence-electron chi connectivity index (χ2n) is 9.85. The third-order valence-electron chi connectivity index (χ3n) is 7.39. The van der Waals surface area contributed by atoms with E-state index in [0.717, 1.165) is 75.0 Å². The van der Waals surface area contributed by atoms with Crippen LogP contribution in [0.2, 0.25) is 0 Å². The van der Waals surface area contributed by atoms with Crippen LogP contribution in [0, 0.1) is 5.92 Å². The van der Waals surface area contributed by atoms with E-state index in [4.69, 9.17) is 9.26 Å². The Morgan fingerprint density at radius 3 is 2.82 bits per heavy atom. The molecule has 0 unspecified atom stereocenters. The average molecular weight is 449 g/mol. The van der Waals surface area contributed by atoms with Gasteiger partial charge in [-0.05, 0) is 42.7 Å². The molecule has 4 heterocycles. The highest BCUT2D eigenvalue weighted by atomic mass is 16.5. The summed E-state index contributed by atoms with van der Waals surface area (Å²) in [5.41, 5.74) is 2.11. The SMILES string of the molecule is OC1CN(Cc2cccc(OC[C@H]3CC[C@H]4CN(c5noc6ccccc56)CCN4C3)c2)C1. The van der Waals surface area contributed by atoms with Gasteiger partial charge in [0.05, 0.1) is 18.1 Å². The number of likely N-dealkylation sites (tertiary alicyclic amines) is 1. The van der Waals surface area contributed by atoms with Gasteiger partial charge in [0.1, 0.15) is 5.75 Å². The van der Waals surface area contributed by atoms with Gasteiger partial charge in [0.25, 0.3) is 0 Å². The molecule has 33 heavy (non-hydrogen) atoms. The molecule has 1 N–H and O–H groups in total. The summed E-state index contributed by atoms with van der Waals surface area (Å²) < 4.78 is 11.8. The van der Waals surface area contributed by atoms with Crippen LogP contribution in [0.1, 0.15) is 18.4 Å². The first kappa shape index (κ1) is 21.0. The highest BCUT2D eigenvalue weighted by Crippen LogP contribution is 2.31. The summed E-state index contributed by atoms with van der Waals surface area (Å²) in [6.07, 6.45) is 2.23.